The molecule has 0 bridgehead atoms. The third-order valence-corrected chi connectivity index (χ3v) is 3.77. The summed E-state index contributed by atoms with van der Waals surface area (Å²) in [5.41, 5.74) is 0.813. The van der Waals surface area contributed by atoms with E-state index in [1.165, 1.54) is 0 Å². The molecule has 0 atom stereocenters. The van der Waals surface area contributed by atoms with Crippen LogP contribution in [0.3, 0.4) is 0 Å². The summed E-state index contributed by atoms with van der Waals surface area (Å²) in [5.74, 6) is 1.11. The van der Waals surface area contributed by atoms with Gasteiger partial charge in [-0.15, -0.1) is 0 Å². The van der Waals surface area contributed by atoms with Gasteiger partial charge in [-0.2, -0.15) is 0 Å². The summed E-state index contributed by atoms with van der Waals surface area (Å²) in [6, 6.07) is 7.19. The van der Waals surface area contributed by atoms with Crippen molar-refractivity contribution in [2.75, 3.05) is 26.5 Å². The summed E-state index contributed by atoms with van der Waals surface area (Å²) < 4.78 is 6.33. The maximum atomic E-state index is 9.52. The van der Waals surface area contributed by atoms with Crippen molar-refractivity contribution in [2.45, 2.75) is 6.61 Å². The molecule has 0 spiro atoms. The van der Waals surface area contributed by atoms with Crippen LogP contribution in [0, 0.1) is 0 Å². The first-order valence-electron chi connectivity index (χ1n) is 5.30. The molecule has 0 fully saturated rings. The number of phenolic OH excluding ortho intramolecular Hbond substituents is 1. The van der Waals surface area contributed by atoms with Crippen LogP contribution in [-0.2, 0) is 11.3 Å². The second kappa shape index (κ2) is 7.53. The Kier molecular flexibility index (Phi) is 6.32. The maximum absolute atomic E-state index is 9.52. The van der Waals surface area contributed by atoms with Crippen molar-refractivity contribution >= 4 is 28.3 Å². The molecule has 94 valence electrons. The first-order chi connectivity index (χ1) is 8.11. The van der Waals surface area contributed by atoms with E-state index < -0.39 is 0 Å². The fraction of sp³-hybridized carbons (Fsp3) is 0.417. The maximum Gasteiger partial charge on any atom is 0.135 e. The molecule has 0 radical (unpaired) electrons. The molecule has 1 aromatic rings. The number of aromatic hydroxyl groups is 1. The van der Waals surface area contributed by atoms with E-state index in [-0.39, 0.29) is 5.75 Å². The molecule has 0 heterocycles. The van der Waals surface area contributed by atoms with E-state index in [0.29, 0.717) is 13.2 Å². The van der Waals surface area contributed by atoms with E-state index >= 15 is 0 Å². The molecular weight excluding hydrogens is 254 g/mol. The predicted octanol–water partition coefficient (Wildman–Crippen LogP) is 2.49. The molecule has 1 N–H and O–H groups in total. The van der Waals surface area contributed by atoms with Crippen LogP contribution in [0.25, 0.3) is 0 Å². The van der Waals surface area contributed by atoms with Gasteiger partial charge in [-0.05, 0) is 6.07 Å². The standard InChI is InChI=1S/C12H17NO2S2/c1-13(2)12(16)17-8-7-15-9-10-5-3-4-6-11(10)14/h3-6,14H,7-9H2,1-2H3. The average molecular weight is 271 g/mol. The molecule has 1 rings (SSSR count). The van der Waals surface area contributed by atoms with Gasteiger partial charge in [0.2, 0.25) is 0 Å². The normalized spacial score (nSPS) is 10.2. The minimum Gasteiger partial charge on any atom is -0.508 e. The second-order valence-electron chi connectivity index (χ2n) is 3.69. The third kappa shape index (κ3) is 5.39. The van der Waals surface area contributed by atoms with E-state index in [9.17, 15) is 5.11 Å². The summed E-state index contributed by atoms with van der Waals surface area (Å²) in [6.45, 7) is 1.05. The molecule has 1 aromatic carbocycles. The lowest BCUT2D eigenvalue weighted by atomic mass is 10.2. The Bertz CT molecular complexity index is 369. The summed E-state index contributed by atoms with van der Waals surface area (Å²) in [7, 11) is 3.86. The number of ether oxygens (including phenoxy) is 1. The number of thiocarbonyl (C=S) groups is 1. The predicted molar refractivity (Wildman–Crippen MR) is 76.5 cm³/mol. The molecule has 5 heteroatoms. The minimum atomic E-state index is 0.281. The first kappa shape index (κ1) is 14.3. The van der Waals surface area contributed by atoms with E-state index in [0.717, 1.165) is 15.6 Å². The molecule has 0 unspecified atom stereocenters. The van der Waals surface area contributed by atoms with Crippen molar-refractivity contribution in [3.63, 3.8) is 0 Å². The average Bonchev–Trinajstić information content (AvgIpc) is 2.30. The van der Waals surface area contributed by atoms with Crippen LogP contribution in [0.1, 0.15) is 5.56 Å². The van der Waals surface area contributed by atoms with Crippen LogP contribution >= 0.6 is 24.0 Å². The number of nitrogens with zero attached hydrogens (tertiary/aromatic N) is 1. The first-order valence-corrected chi connectivity index (χ1v) is 6.69. The number of phenols is 1. The third-order valence-electron chi connectivity index (χ3n) is 2.07. The Morgan fingerprint density at radius 3 is 2.76 bits per heavy atom. The van der Waals surface area contributed by atoms with Gasteiger partial charge in [0.25, 0.3) is 0 Å². The number of thioether (sulfide) groups is 1. The lowest BCUT2D eigenvalue weighted by Crippen LogP contribution is -2.17. The summed E-state index contributed by atoms with van der Waals surface area (Å²) >= 11 is 6.73. The van der Waals surface area contributed by atoms with Gasteiger partial charge in [-0.3, -0.25) is 0 Å². The van der Waals surface area contributed by atoms with Crippen molar-refractivity contribution in [3.05, 3.63) is 29.8 Å². The SMILES string of the molecule is CN(C)C(=S)SCCOCc1ccccc1O. The minimum absolute atomic E-state index is 0.281. The Labute approximate surface area is 112 Å². The number of hydrogen-bond acceptors (Lipinski definition) is 4. The molecule has 0 saturated heterocycles. The van der Waals surface area contributed by atoms with Gasteiger partial charge in [0.1, 0.15) is 10.1 Å². The van der Waals surface area contributed by atoms with Crippen LogP contribution in [0.15, 0.2) is 24.3 Å². The van der Waals surface area contributed by atoms with Crippen molar-refractivity contribution < 1.29 is 9.84 Å². The number of hydrogen-bond donors (Lipinski definition) is 1. The van der Waals surface area contributed by atoms with Gasteiger partial charge in [0.15, 0.2) is 0 Å². The summed E-state index contributed by atoms with van der Waals surface area (Å²) in [4.78, 5) is 1.91. The lowest BCUT2D eigenvalue weighted by Gasteiger charge is -2.12. The van der Waals surface area contributed by atoms with Crippen molar-refractivity contribution in [3.8, 4) is 5.75 Å². The zero-order valence-corrected chi connectivity index (χ0v) is 11.7. The highest BCUT2D eigenvalue weighted by Crippen LogP contribution is 2.16. The molecule has 0 aliphatic heterocycles. The Morgan fingerprint density at radius 1 is 1.41 bits per heavy atom. The Hall–Kier alpha value is -0.780. The van der Waals surface area contributed by atoms with Gasteiger partial charge in [0.05, 0.1) is 13.2 Å². The number of rotatable bonds is 5. The molecule has 0 aliphatic rings. The fourth-order valence-corrected chi connectivity index (χ4v) is 2.02. The molecule has 0 saturated carbocycles. The highest BCUT2D eigenvalue weighted by molar-refractivity contribution is 8.22. The molecule has 0 aromatic heterocycles. The monoisotopic (exact) mass is 271 g/mol. The Morgan fingerprint density at radius 2 is 2.12 bits per heavy atom. The molecule has 3 nitrogen and oxygen atoms in total. The Balaban J connectivity index is 2.17. The lowest BCUT2D eigenvalue weighted by molar-refractivity contribution is 0.134. The van der Waals surface area contributed by atoms with Crippen molar-refractivity contribution in [1.82, 2.24) is 4.90 Å². The molecule has 17 heavy (non-hydrogen) atoms. The van der Waals surface area contributed by atoms with E-state index in [4.69, 9.17) is 17.0 Å². The van der Waals surface area contributed by atoms with Crippen molar-refractivity contribution in [1.29, 1.82) is 0 Å². The molecule has 0 amide bonds. The highest BCUT2D eigenvalue weighted by atomic mass is 32.2. The van der Waals surface area contributed by atoms with E-state index in [2.05, 4.69) is 0 Å². The second-order valence-corrected chi connectivity index (χ2v) is 5.42. The van der Waals surface area contributed by atoms with E-state index in [1.807, 2.05) is 31.1 Å². The topological polar surface area (TPSA) is 32.7 Å². The largest absolute Gasteiger partial charge is 0.508 e. The van der Waals surface area contributed by atoms with Crippen LogP contribution in [0.4, 0.5) is 0 Å². The zero-order chi connectivity index (χ0) is 12.7. The van der Waals surface area contributed by atoms with Gasteiger partial charge in [-0.1, -0.05) is 42.2 Å². The van der Waals surface area contributed by atoms with Crippen LogP contribution in [0.5, 0.6) is 5.75 Å². The number of para-hydroxylation sites is 1. The zero-order valence-electron chi connectivity index (χ0n) is 10.0. The molecular formula is C12H17NO2S2. The van der Waals surface area contributed by atoms with E-state index in [1.54, 1.807) is 23.9 Å². The van der Waals surface area contributed by atoms with Gasteiger partial charge in [0, 0.05) is 25.4 Å². The smallest absolute Gasteiger partial charge is 0.135 e. The number of benzene rings is 1. The summed E-state index contributed by atoms with van der Waals surface area (Å²) in [6.07, 6.45) is 0. The molecule has 0 aliphatic carbocycles. The summed E-state index contributed by atoms with van der Waals surface area (Å²) in [5, 5.41) is 9.52. The van der Waals surface area contributed by atoms with Crippen LogP contribution < -0.4 is 0 Å². The van der Waals surface area contributed by atoms with Gasteiger partial charge in [-0.25, -0.2) is 0 Å². The van der Waals surface area contributed by atoms with Gasteiger partial charge >= 0.3 is 0 Å². The van der Waals surface area contributed by atoms with Crippen LogP contribution in [-0.4, -0.2) is 40.8 Å². The highest BCUT2D eigenvalue weighted by Gasteiger charge is 2.01. The fourth-order valence-electron chi connectivity index (χ4n) is 1.13. The quantitative estimate of drug-likeness (QED) is 0.657. The van der Waals surface area contributed by atoms with Crippen LogP contribution in [0.2, 0.25) is 0 Å². The van der Waals surface area contributed by atoms with Gasteiger partial charge < -0.3 is 14.7 Å². The van der Waals surface area contributed by atoms with Crippen molar-refractivity contribution in [2.24, 2.45) is 0 Å².